The van der Waals surface area contributed by atoms with E-state index in [1.165, 1.54) is 32.2 Å². The van der Waals surface area contributed by atoms with E-state index in [4.69, 9.17) is 4.99 Å². The highest BCUT2D eigenvalue weighted by Gasteiger charge is 2.33. The van der Waals surface area contributed by atoms with Crippen LogP contribution in [0, 0.1) is 5.92 Å². The van der Waals surface area contributed by atoms with Gasteiger partial charge in [-0.2, -0.15) is 0 Å². The zero-order valence-corrected chi connectivity index (χ0v) is 17.1. The van der Waals surface area contributed by atoms with Gasteiger partial charge in [-0.25, -0.2) is 0 Å². The molecule has 1 heterocycles. The molecule has 0 atom stereocenters. The van der Waals surface area contributed by atoms with Crippen LogP contribution in [0.3, 0.4) is 0 Å². The highest BCUT2D eigenvalue weighted by atomic mass is 127. The first kappa shape index (κ1) is 19.6. The van der Waals surface area contributed by atoms with Crippen molar-refractivity contribution in [2.75, 3.05) is 32.7 Å². The van der Waals surface area contributed by atoms with Crippen molar-refractivity contribution in [1.29, 1.82) is 0 Å². The Morgan fingerprint density at radius 3 is 2.54 bits per heavy atom. The first-order valence-corrected chi connectivity index (χ1v) is 9.22. The smallest absolute Gasteiger partial charge is 0.191 e. The van der Waals surface area contributed by atoms with Gasteiger partial charge in [0.15, 0.2) is 5.96 Å². The van der Waals surface area contributed by atoms with Crippen LogP contribution < -0.4 is 10.6 Å². The third-order valence-corrected chi connectivity index (χ3v) is 4.58. The van der Waals surface area contributed by atoms with Crippen LogP contribution in [0.1, 0.15) is 32.6 Å². The highest BCUT2D eigenvalue weighted by Crippen LogP contribution is 2.34. The molecule has 0 unspecified atom stereocenters. The van der Waals surface area contributed by atoms with Gasteiger partial charge in [-0.05, 0) is 50.7 Å². The van der Waals surface area contributed by atoms with E-state index in [1.54, 1.807) is 0 Å². The van der Waals surface area contributed by atoms with Crippen LogP contribution in [0.25, 0.3) is 0 Å². The minimum Gasteiger partial charge on any atom is -0.357 e. The van der Waals surface area contributed by atoms with Gasteiger partial charge >= 0.3 is 0 Å². The van der Waals surface area contributed by atoms with Crippen molar-refractivity contribution < 1.29 is 0 Å². The van der Waals surface area contributed by atoms with Crippen molar-refractivity contribution in [2.45, 2.75) is 45.2 Å². The minimum absolute atomic E-state index is 0. The number of hydrogen-bond donors (Lipinski definition) is 2. The fraction of sp³-hybridized carbons (Fsp3) is 0.722. The lowest BCUT2D eigenvalue weighted by molar-refractivity contribution is 0.260. The summed E-state index contributed by atoms with van der Waals surface area (Å²) in [7, 11) is 0. The predicted octanol–water partition coefficient (Wildman–Crippen LogP) is 2.54. The Kier molecular flexibility index (Phi) is 8.38. The van der Waals surface area contributed by atoms with E-state index in [1.807, 2.05) is 0 Å². The largest absolute Gasteiger partial charge is 0.357 e. The van der Waals surface area contributed by atoms with Crippen molar-refractivity contribution in [3.8, 4) is 0 Å². The normalized spacial score (nSPS) is 17.7. The molecule has 2 N–H and O–H groups in total. The predicted molar refractivity (Wildman–Crippen MR) is 111 cm³/mol. The van der Waals surface area contributed by atoms with Gasteiger partial charge in [0.2, 0.25) is 0 Å². The average Bonchev–Trinajstić information content (AvgIpc) is 3.47. The summed E-state index contributed by atoms with van der Waals surface area (Å²) >= 11 is 0. The van der Waals surface area contributed by atoms with E-state index in [2.05, 4.69) is 51.6 Å². The van der Waals surface area contributed by atoms with Gasteiger partial charge in [-0.1, -0.05) is 0 Å². The van der Waals surface area contributed by atoms with E-state index in [0.29, 0.717) is 0 Å². The second kappa shape index (κ2) is 10.3. The van der Waals surface area contributed by atoms with Crippen molar-refractivity contribution in [2.24, 2.45) is 10.9 Å². The first-order valence-electron chi connectivity index (χ1n) is 9.22. The molecule has 1 aromatic heterocycles. The number of aliphatic imine (C=N–C) groups is 1. The summed E-state index contributed by atoms with van der Waals surface area (Å²) in [6.45, 7) is 8.19. The minimum atomic E-state index is 0. The third-order valence-electron chi connectivity index (χ3n) is 4.58. The summed E-state index contributed by atoms with van der Waals surface area (Å²) in [4.78, 5) is 7.42. The molecule has 2 saturated carbocycles. The van der Waals surface area contributed by atoms with E-state index < -0.39 is 0 Å². The first-order chi connectivity index (χ1) is 11.3. The molecule has 0 aliphatic heterocycles. The Hall–Kier alpha value is -0.760. The van der Waals surface area contributed by atoms with E-state index in [0.717, 1.165) is 50.6 Å². The van der Waals surface area contributed by atoms with Crippen LogP contribution in [-0.4, -0.2) is 54.2 Å². The molecule has 6 heteroatoms. The van der Waals surface area contributed by atoms with Crippen molar-refractivity contribution in [3.63, 3.8) is 0 Å². The standard InChI is InChI=1S/C18H31N5.HI/c1-2-19-18(20-9-13-22-11-3-4-12-22)21-10-14-23(17-7-8-17)15-16-5-6-16;/h3-4,11-12,16-17H,2,5-10,13-15H2,1H3,(H2,19,20,21);1H. The fourth-order valence-electron chi connectivity index (χ4n) is 2.95. The Balaban J connectivity index is 0.00000208. The average molecular weight is 445 g/mol. The van der Waals surface area contributed by atoms with Gasteiger partial charge < -0.3 is 15.2 Å². The Morgan fingerprint density at radius 1 is 1.17 bits per heavy atom. The highest BCUT2D eigenvalue weighted by molar-refractivity contribution is 14.0. The number of guanidine groups is 1. The molecule has 2 aliphatic carbocycles. The summed E-state index contributed by atoms with van der Waals surface area (Å²) in [5.41, 5.74) is 0. The Bertz CT molecular complexity index is 480. The van der Waals surface area contributed by atoms with Crippen LogP contribution in [-0.2, 0) is 6.54 Å². The summed E-state index contributed by atoms with van der Waals surface area (Å²) < 4.78 is 2.18. The lowest BCUT2D eigenvalue weighted by Gasteiger charge is -2.21. The lowest BCUT2D eigenvalue weighted by Crippen LogP contribution is -2.39. The quantitative estimate of drug-likeness (QED) is 0.331. The molecule has 1 aromatic rings. The number of rotatable bonds is 10. The maximum Gasteiger partial charge on any atom is 0.191 e. The fourth-order valence-corrected chi connectivity index (χ4v) is 2.95. The molecule has 24 heavy (non-hydrogen) atoms. The number of hydrogen-bond acceptors (Lipinski definition) is 2. The molecule has 0 radical (unpaired) electrons. The summed E-state index contributed by atoms with van der Waals surface area (Å²) in [5, 5.41) is 6.78. The van der Waals surface area contributed by atoms with Gasteiger partial charge in [0.05, 0.1) is 6.54 Å². The number of halogens is 1. The lowest BCUT2D eigenvalue weighted by atomic mass is 10.3. The van der Waals surface area contributed by atoms with Gasteiger partial charge in [-0.3, -0.25) is 9.89 Å². The van der Waals surface area contributed by atoms with Crippen molar-refractivity contribution in [1.82, 2.24) is 20.1 Å². The van der Waals surface area contributed by atoms with Crippen LogP contribution in [0.2, 0.25) is 0 Å². The molecule has 0 spiro atoms. The summed E-state index contributed by atoms with van der Waals surface area (Å²) in [6, 6.07) is 4.98. The summed E-state index contributed by atoms with van der Waals surface area (Å²) in [6.07, 6.45) is 9.86. The molecule has 2 aliphatic rings. The second-order valence-corrected chi connectivity index (χ2v) is 6.78. The van der Waals surface area contributed by atoms with Gasteiger partial charge in [0.1, 0.15) is 0 Å². The van der Waals surface area contributed by atoms with Crippen molar-refractivity contribution in [3.05, 3.63) is 24.5 Å². The third kappa shape index (κ3) is 7.01. The molecule has 0 saturated heterocycles. The molecular weight excluding hydrogens is 413 g/mol. The van der Waals surface area contributed by atoms with Gasteiger partial charge in [0, 0.05) is 51.2 Å². The Morgan fingerprint density at radius 2 is 1.92 bits per heavy atom. The molecule has 0 bridgehead atoms. The summed E-state index contributed by atoms with van der Waals surface area (Å²) in [5.74, 6) is 1.93. The van der Waals surface area contributed by atoms with Crippen LogP contribution >= 0.6 is 24.0 Å². The molecular formula is C18H32IN5. The van der Waals surface area contributed by atoms with E-state index in [-0.39, 0.29) is 24.0 Å². The van der Waals surface area contributed by atoms with Crippen LogP contribution in [0.15, 0.2) is 29.5 Å². The maximum absolute atomic E-state index is 4.75. The molecule has 0 amide bonds. The number of aromatic nitrogens is 1. The van der Waals surface area contributed by atoms with Crippen LogP contribution in [0.4, 0.5) is 0 Å². The monoisotopic (exact) mass is 445 g/mol. The maximum atomic E-state index is 4.75. The molecule has 136 valence electrons. The topological polar surface area (TPSA) is 44.6 Å². The molecule has 5 nitrogen and oxygen atoms in total. The van der Waals surface area contributed by atoms with Gasteiger partial charge in [0.25, 0.3) is 0 Å². The molecule has 3 rings (SSSR count). The SMILES string of the molecule is CCNC(=NCCN(CC1CC1)C1CC1)NCCn1cccc1.I. The van der Waals surface area contributed by atoms with Crippen molar-refractivity contribution >= 4 is 29.9 Å². The molecule has 0 aromatic carbocycles. The second-order valence-electron chi connectivity index (χ2n) is 6.78. The van der Waals surface area contributed by atoms with Crippen LogP contribution in [0.5, 0.6) is 0 Å². The van der Waals surface area contributed by atoms with E-state index >= 15 is 0 Å². The number of nitrogens with zero attached hydrogens (tertiary/aromatic N) is 3. The Labute approximate surface area is 163 Å². The zero-order chi connectivity index (χ0) is 15.9. The zero-order valence-electron chi connectivity index (χ0n) is 14.8. The molecule has 2 fully saturated rings. The van der Waals surface area contributed by atoms with E-state index in [9.17, 15) is 0 Å². The van der Waals surface area contributed by atoms with Gasteiger partial charge in [-0.15, -0.1) is 24.0 Å². The number of nitrogens with one attached hydrogen (secondary N) is 2.